The summed E-state index contributed by atoms with van der Waals surface area (Å²) in [5.41, 5.74) is -0.300. The highest BCUT2D eigenvalue weighted by Crippen LogP contribution is 2.27. The monoisotopic (exact) mass is 439 g/mol. The molecule has 0 fully saturated rings. The zero-order valence-corrected chi connectivity index (χ0v) is 16.4. The minimum absolute atomic E-state index is 0.0234. The molecule has 0 aliphatic carbocycles. The van der Waals surface area contributed by atoms with Gasteiger partial charge < -0.3 is 10.1 Å². The number of nitrogens with zero attached hydrogens (tertiary/aromatic N) is 2. The number of rotatable bonds is 8. The number of non-ortho nitro benzene ring substituents is 2. The van der Waals surface area contributed by atoms with E-state index in [1.165, 1.54) is 36.4 Å². The molecule has 1 atom stereocenters. The molecule has 0 bridgehead atoms. The van der Waals surface area contributed by atoms with Crippen LogP contribution < -0.4 is 5.32 Å². The Morgan fingerprint density at radius 3 is 2.28 bits per heavy atom. The molecule has 2 aromatic carbocycles. The lowest BCUT2D eigenvalue weighted by Gasteiger charge is -2.12. The normalized spacial score (nSPS) is 11.4. The van der Waals surface area contributed by atoms with Crippen LogP contribution in [0.15, 0.2) is 47.4 Å². The van der Waals surface area contributed by atoms with Gasteiger partial charge in [0.1, 0.15) is 5.25 Å². The van der Waals surface area contributed by atoms with Gasteiger partial charge in [0, 0.05) is 29.2 Å². The first kappa shape index (κ1) is 22.1. The summed E-state index contributed by atoms with van der Waals surface area (Å²) in [6.45, 7) is 0.951. The van der Waals surface area contributed by atoms with Gasteiger partial charge in [-0.3, -0.25) is 29.8 Å². The summed E-state index contributed by atoms with van der Waals surface area (Å²) < 4.78 is 4.93. The first-order valence-electron chi connectivity index (χ1n) is 7.99. The average Bonchev–Trinajstić information content (AvgIpc) is 2.68. The molecule has 2 rings (SSSR count). The lowest BCUT2D eigenvalue weighted by Crippen LogP contribution is -2.25. The number of anilines is 1. The number of hydrogen-bond donors (Lipinski definition) is 1. The zero-order chi connectivity index (χ0) is 21.6. The molecule has 0 aliphatic heterocycles. The van der Waals surface area contributed by atoms with Crippen LogP contribution in [0.1, 0.15) is 6.92 Å². The van der Waals surface area contributed by atoms with Crippen LogP contribution in [0.3, 0.4) is 0 Å². The molecule has 0 saturated heterocycles. The number of thioether (sulfide) groups is 1. The first-order chi connectivity index (χ1) is 13.7. The highest BCUT2D eigenvalue weighted by molar-refractivity contribution is 8.00. The van der Waals surface area contributed by atoms with Crippen LogP contribution in [0.25, 0.3) is 0 Å². The van der Waals surface area contributed by atoms with E-state index in [1.807, 2.05) is 0 Å². The summed E-state index contributed by atoms with van der Waals surface area (Å²) in [5, 5.41) is 23.2. The fraction of sp³-hybridized carbons (Fsp3) is 0.176. The number of carbonyl (C=O) groups excluding carboxylic acids is 2. The van der Waals surface area contributed by atoms with Gasteiger partial charge in [0.2, 0.25) is 0 Å². The van der Waals surface area contributed by atoms with Crippen LogP contribution >= 0.6 is 23.4 Å². The Hall–Kier alpha value is -3.18. The van der Waals surface area contributed by atoms with Crippen molar-refractivity contribution in [2.45, 2.75) is 17.1 Å². The molecule has 29 heavy (non-hydrogen) atoms. The maximum atomic E-state index is 12.0. The zero-order valence-electron chi connectivity index (χ0n) is 14.9. The summed E-state index contributed by atoms with van der Waals surface area (Å²) in [5.74, 6) is -1.39. The Bertz CT molecular complexity index is 953. The van der Waals surface area contributed by atoms with Crippen LogP contribution in [-0.4, -0.2) is 33.6 Å². The third kappa shape index (κ3) is 6.43. The number of ether oxygens (including phenoxy) is 1. The Labute approximate surface area is 173 Å². The average molecular weight is 440 g/mol. The standard InChI is InChI=1S/C17H14ClN3O7S/c1-10(29-13-5-2-11(3-6-13)20(24)25)17(23)28-9-16(22)19-15-8-12(21(26)27)4-7-14(15)18/h2-8,10H,9H2,1H3,(H,19,22). The second-order valence-corrected chi connectivity index (χ2v) is 7.41. The maximum Gasteiger partial charge on any atom is 0.319 e. The van der Waals surface area contributed by atoms with Gasteiger partial charge in [-0.15, -0.1) is 11.8 Å². The molecule has 152 valence electrons. The smallest absolute Gasteiger partial charge is 0.319 e. The molecule has 0 heterocycles. The number of carbonyl (C=O) groups is 2. The SMILES string of the molecule is CC(Sc1ccc([N+](=O)[O-])cc1)C(=O)OCC(=O)Nc1cc([N+](=O)[O-])ccc1Cl. The summed E-state index contributed by atoms with van der Waals surface area (Å²) in [7, 11) is 0. The molecule has 0 aliphatic rings. The molecule has 1 unspecified atom stereocenters. The minimum atomic E-state index is -0.715. The number of halogens is 1. The number of esters is 1. The van der Waals surface area contributed by atoms with Gasteiger partial charge in [0.25, 0.3) is 17.3 Å². The Morgan fingerprint density at radius 2 is 1.69 bits per heavy atom. The van der Waals surface area contributed by atoms with Crippen LogP contribution in [0, 0.1) is 20.2 Å². The number of nitrogens with one attached hydrogen (secondary N) is 1. The van der Waals surface area contributed by atoms with E-state index in [4.69, 9.17) is 16.3 Å². The van der Waals surface area contributed by atoms with Gasteiger partial charge in [-0.2, -0.15) is 0 Å². The van der Waals surface area contributed by atoms with Gasteiger partial charge in [-0.1, -0.05) is 11.6 Å². The summed E-state index contributed by atoms with van der Waals surface area (Å²) in [4.78, 5) is 44.9. The lowest BCUT2D eigenvalue weighted by atomic mass is 10.3. The van der Waals surface area contributed by atoms with Crippen molar-refractivity contribution in [2.75, 3.05) is 11.9 Å². The molecule has 12 heteroatoms. The lowest BCUT2D eigenvalue weighted by molar-refractivity contribution is -0.385. The van der Waals surface area contributed by atoms with E-state index in [2.05, 4.69) is 5.32 Å². The summed E-state index contributed by atoms with van der Waals surface area (Å²) >= 11 is 7.00. The summed E-state index contributed by atoms with van der Waals surface area (Å²) in [6.07, 6.45) is 0. The molecule has 1 N–H and O–H groups in total. The van der Waals surface area contributed by atoms with Crippen molar-refractivity contribution in [3.05, 3.63) is 67.7 Å². The van der Waals surface area contributed by atoms with Crippen molar-refractivity contribution >= 4 is 52.3 Å². The van der Waals surface area contributed by atoms with Crippen LogP contribution in [-0.2, 0) is 14.3 Å². The van der Waals surface area contributed by atoms with E-state index in [0.29, 0.717) is 4.90 Å². The van der Waals surface area contributed by atoms with Crippen molar-refractivity contribution < 1.29 is 24.2 Å². The Morgan fingerprint density at radius 1 is 1.10 bits per heavy atom. The number of benzene rings is 2. The van der Waals surface area contributed by atoms with Gasteiger partial charge >= 0.3 is 5.97 Å². The van der Waals surface area contributed by atoms with E-state index < -0.39 is 33.6 Å². The van der Waals surface area contributed by atoms with Gasteiger partial charge in [-0.05, 0) is 25.1 Å². The van der Waals surface area contributed by atoms with E-state index in [-0.39, 0.29) is 22.1 Å². The maximum absolute atomic E-state index is 12.0. The second kappa shape index (κ2) is 9.85. The quantitative estimate of drug-likeness (QED) is 0.283. The predicted octanol–water partition coefficient (Wildman–Crippen LogP) is 3.82. The topological polar surface area (TPSA) is 142 Å². The third-order valence-corrected chi connectivity index (χ3v) is 4.89. The Balaban J connectivity index is 1.88. The molecular weight excluding hydrogens is 426 g/mol. The number of amides is 1. The van der Waals surface area contributed by atoms with E-state index in [9.17, 15) is 29.8 Å². The van der Waals surface area contributed by atoms with Gasteiger partial charge in [0.05, 0.1) is 20.6 Å². The molecule has 0 spiro atoms. The van der Waals surface area contributed by atoms with Crippen LogP contribution in [0.2, 0.25) is 5.02 Å². The van der Waals surface area contributed by atoms with E-state index >= 15 is 0 Å². The first-order valence-corrected chi connectivity index (χ1v) is 9.24. The Kier molecular flexibility index (Phi) is 7.51. The predicted molar refractivity (Wildman–Crippen MR) is 106 cm³/mol. The van der Waals surface area contributed by atoms with Crippen molar-refractivity contribution in [3.63, 3.8) is 0 Å². The molecule has 0 aromatic heterocycles. The fourth-order valence-electron chi connectivity index (χ4n) is 2.06. The van der Waals surface area contributed by atoms with Crippen molar-refractivity contribution in [2.24, 2.45) is 0 Å². The third-order valence-electron chi connectivity index (χ3n) is 3.47. The molecule has 0 radical (unpaired) electrons. The molecular formula is C17H14ClN3O7S. The second-order valence-electron chi connectivity index (χ2n) is 5.59. The van der Waals surface area contributed by atoms with Gasteiger partial charge in [-0.25, -0.2) is 0 Å². The van der Waals surface area contributed by atoms with E-state index in [0.717, 1.165) is 17.8 Å². The minimum Gasteiger partial charge on any atom is -0.455 e. The molecule has 10 nitrogen and oxygen atoms in total. The highest BCUT2D eigenvalue weighted by Gasteiger charge is 2.19. The number of hydrogen-bond acceptors (Lipinski definition) is 8. The largest absolute Gasteiger partial charge is 0.455 e. The van der Waals surface area contributed by atoms with Crippen LogP contribution in [0.4, 0.5) is 17.1 Å². The molecule has 2 aromatic rings. The number of nitro groups is 2. The number of nitro benzene ring substituents is 2. The molecule has 1 amide bonds. The highest BCUT2D eigenvalue weighted by atomic mass is 35.5. The van der Waals surface area contributed by atoms with Crippen molar-refractivity contribution in [1.29, 1.82) is 0 Å². The summed E-state index contributed by atoms with van der Waals surface area (Å²) in [6, 6.07) is 9.19. The van der Waals surface area contributed by atoms with Crippen molar-refractivity contribution in [3.8, 4) is 0 Å². The van der Waals surface area contributed by atoms with Crippen molar-refractivity contribution in [1.82, 2.24) is 0 Å². The van der Waals surface area contributed by atoms with Crippen LogP contribution in [0.5, 0.6) is 0 Å². The fourth-order valence-corrected chi connectivity index (χ4v) is 3.09. The van der Waals surface area contributed by atoms with Gasteiger partial charge in [0.15, 0.2) is 6.61 Å². The molecule has 0 saturated carbocycles. The van der Waals surface area contributed by atoms with E-state index in [1.54, 1.807) is 6.92 Å².